The minimum absolute atomic E-state index is 0.344. The SMILES string of the molecule is CC(C)C(CN)c1cc(Cl)c2[nH]ncc2c1. The van der Waals surface area contributed by atoms with Crippen LogP contribution in [0.1, 0.15) is 25.3 Å². The highest BCUT2D eigenvalue weighted by Gasteiger charge is 2.16. The first kappa shape index (κ1) is 11.4. The monoisotopic (exact) mass is 237 g/mol. The van der Waals surface area contributed by atoms with Crippen LogP contribution >= 0.6 is 11.6 Å². The van der Waals surface area contributed by atoms with Crippen molar-refractivity contribution in [3.05, 3.63) is 28.9 Å². The second kappa shape index (κ2) is 4.44. The number of rotatable bonds is 3. The van der Waals surface area contributed by atoms with Gasteiger partial charge in [0.1, 0.15) is 0 Å². The molecule has 0 aliphatic heterocycles. The first-order valence-corrected chi connectivity index (χ1v) is 5.84. The first-order valence-electron chi connectivity index (χ1n) is 5.46. The highest BCUT2D eigenvalue weighted by Crippen LogP contribution is 2.30. The number of hydrogen-bond acceptors (Lipinski definition) is 2. The van der Waals surface area contributed by atoms with Crippen LogP contribution in [-0.4, -0.2) is 16.7 Å². The molecule has 0 saturated heterocycles. The van der Waals surface area contributed by atoms with Crippen molar-refractivity contribution in [1.82, 2.24) is 10.2 Å². The second-order valence-corrected chi connectivity index (χ2v) is 4.83. The topological polar surface area (TPSA) is 54.7 Å². The molecule has 0 fully saturated rings. The summed E-state index contributed by atoms with van der Waals surface area (Å²) < 4.78 is 0. The maximum Gasteiger partial charge on any atom is 0.0836 e. The van der Waals surface area contributed by atoms with E-state index in [1.807, 2.05) is 6.07 Å². The fourth-order valence-electron chi connectivity index (χ4n) is 2.04. The number of benzene rings is 1. The number of H-pyrrole nitrogens is 1. The Morgan fingerprint density at radius 2 is 2.19 bits per heavy atom. The molecule has 0 aliphatic rings. The van der Waals surface area contributed by atoms with Gasteiger partial charge in [-0.05, 0) is 36.1 Å². The summed E-state index contributed by atoms with van der Waals surface area (Å²) in [6, 6.07) is 4.10. The van der Waals surface area contributed by atoms with Crippen LogP contribution in [-0.2, 0) is 0 Å². The molecule has 4 heteroatoms. The zero-order chi connectivity index (χ0) is 11.7. The average molecular weight is 238 g/mol. The zero-order valence-corrected chi connectivity index (χ0v) is 10.3. The highest BCUT2D eigenvalue weighted by atomic mass is 35.5. The largest absolute Gasteiger partial charge is 0.330 e. The van der Waals surface area contributed by atoms with Crippen molar-refractivity contribution in [2.75, 3.05) is 6.54 Å². The van der Waals surface area contributed by atoms with Gasteiger partial charge in [0, 0.05) is 5.39 Å². The summed E-state index contributed by atoms with van der Waals surface area (Å²) in [6.07, 6.45) is 1.79. The van der Waals surface area contributed by atoms with Gasteiger partial charge in [0.2, 0.25) is 0 Å². The molecule has 0 aliphatic carbocycles. The smallest absolute Gasteiger partial charge is 0.0836 e. The molecule has 1 aromatic carbocycles. The zero-order valence-electron chi connectivity index (χ0n) is 9.50. The van der Waals surface area contributed by atoms with Crippen LogP contribution in [0.3, 0.4) is 0 Å². The van der Waals surface area contributed by atoms with Gasteiger partial charge in [-0.25, -0.2) is 0 Å². The molecule has 0 radical (unpaired) electrons. The predicted octanol–water partition coefficient (Wildman–Crippen LogP) is 2.91. The molecule has 16 heavy (non-hydrogen) atoms. The number of nitrogens with two attached hydrogens (primary N) is 1. The lowest BCUT2D eigenvalue weighted by Crippen LogP contribution is -2.17. The van der Waals surface area contributed by atoms with Crippen LogP contribution in [0.4, 0.5) is 0 Å². The minimum atomic E-state index is 0.344. The Morgan fingerprint density at radius 3 is 2.81 bits per heavy atom. The van der Waals surface area contributed by atoms with Gasteiger partial charge in [-0.3, -0.25) is 5.10 Å². The van der Waals surface area contributed by atoms with Gasteiger partial charge < -0.3 is 5.73 Å². The molecular formula is C12H16ClN3. The molecule has 2 aromatic rings. The standard InChI is InChI=1S/C12H16ClN3/c1-7(2)10(5-14)8-3-9-6-15-16-12(9)11(13)4-8/h3-4,6-7,10H,5,14H2,1-2H3,(H,15,16). The van der Waals surface area contributed by atoms with Crippen LogP contribution in [0.5, 0.6) is 0 Å². The van der Waals surface area contributed by atoms with E-state index in [4.69, 9.17) is 17.3 Å². The van der Waals surface area contributed by atoms with Crippen molar-refractivity contribution in [3.63, 3.8) is 0 Å². The summed E-state index contributed by atoms with van der Waals surface area (Å²) >= 11 is 6.20. The molecule has 3 nitrogen and oxygen atoms in total. The van der Waals surface area contributed by atoms with Crippen LogP contribution in [0, 0.1) is 5.92 Å². The quantitative estimate of drug-likeness (QED) is 0.863. The van der Waals surface area contributed by atoms with Crippen LogP contribution in [0.15, 0.2) is 18.3 Å². The molecule has 86 valence electrons. The highest BCUT2D eigenvalue weighted by molar-refractivity contribution is 6.35. The minimum Gasteiger partial charge on any atom is -0.330 e. The van der Waals surface area contributed by atoms with Crippen LogP contribution in [0.25, 0.3) is 10.9 Å². The Balaban J connectivity index is 2.52. The number of nitrogens with zero attached hydrogens (tertiary/aromatic N) is 1. The molecule has 1 unspecified atom stereocenters. The summed E-state index contributed by atoms with van der Waals surface area (Å²) in [5.41, 5.74) is 7.89. The summed E-state index contributed by atoms with van der Waals surface area (Å²) in [4.78, 5) is 0. The third-order valence-electron chi connectivity index (χ3n) is 3.01. The van der Waals surface area contributed by atoms with Crippen molar-refractivity contribution in [3.8, 4) is 0 Å². The Kier molecular flexibility index (Phi) is 3.17. The Labute approximate surface area is 100.0 Å². The van der Waals surface area contributed by atoms with Gasteiger partial charge >= 0.3 is 0 Å². The van der Waals surface area contributed by atoms with Gasteiger partial charge in [0.25, 0.3) is 0 Å². The molecule has 3 N–H and O–H groups in total. The fourth-order valence-corrected chi connectivity index (χ4v) is 2.32. The number of nitrogens with one attached hydrogen (secondary N) is 1. The van der Waals surface area contributed by atoms with Gasteiger partial charge in [0.05, 0.1) is 16.7 Å². The van der Waals surface area contributed by atoms with Crippen molar-refractivity contribution in [2.45, 2.75) is 19.8 Å². The van der Waals surface area contributed by atoms with E-state index in [0.29, 0.717) is 23.4 Å². The summed E-state index contributed by atoms with van der Waals surface area (Å²) in [5, 5.41) is 8.64. The van der Waals surface area contributed by atoms with E-state index in [0.717, 1.165) is 10.9 Å². The number of hydrogen-bond donors (Lipinski definition) is 2. The van der Waals surface area contributed by atoms with Crippen molar-refractivity contribution in [2.24, 2.45) is 11.7 Å². The van der Waals surface area contributed by atoms with Crippen molar-refractivity contribution in [1.29, 1.82) is 0 Å². The lowest BCUT2D eigenvalue weighted by molar-refractivity contribution is 0.507. The van der Waals surface area contributed by atoms with Crippen LogP contribution in [0.2, 0.25) is 5.02 Å². The number of fused-ring (bicyclic) bond motifs is 1. The van der Waals surface area contributed by atoms with Crippen molar-refractivity contribution < 1.29 is 0 Å². The molecule has 0 saturated carbocycles. The molecule has 0 spiro atoms. The maximum absolute atomic E-state index is 6.20. The molecule has 1 aromatic heterocycles. The summed E-state index contributed by atoms with van der Waals surface area (Å²) in [5.74, 6) is 0.849. The van der Waals surface area contributed by atoms with E-state index in [-0.39, 0.29) is 0 Å². The fraction of sp³-hybridized carbons (Fsp3) is 0.417. The third-order valence-corrected chi connectivity index (χ3v) is 3.31. The Bertz CT molecular complexity index is 490. The lowest BCUT2D eigenvalue weighted by atomic mass is 9.88. The summed E-state index contributed by atoms with van der Waals surface area (Å²) in [6.45, 7) is 4.98. The number of aromatic nitrogens is 2. The maximum atomic E-state index is 6.20. The van der Waals surface area contributed by atoms with E-state index in [9.17, 15) is 0 Å². The molecule has 1 heterocycles. The Hall–Kier alpha value is -1.06. The van der Waals surface area contributed by atoms with Crippen molar-refractivity contribution >= 4 is 22.5 Å². The summed E-state index contributed by atoms with van der Waals surface area (Å²) in [7, 11) is 0. The molecule has 0 bridgehead atoms. The van der Waals surface area contributed by atoms with Gasteiger partial charge in [-0.15, -0.1) is 0 Å². The molecule has 0 amide bonds. The van der Waals surface area contributed by atoms with Gasteiger partial charge in [-0.1, -0.05) is 25.4 Å². The number of halogens is 1. The van der Waals surface area contributed by atoms with E-state index in [1.165, 1.54) is 5.56 Å². The number of aromatic amines is 1. The van der Waals surface area contributed by atoms with Crippen LogP contribution < -0.4 is 5.73 Å². The van der Waals surface area contributed by atoms with E-state index >= 15 is 0 Å². The Morgan fingerprint density at radius 1 is 1.44 bits per heavy atom. The average Bonchev–Trinajstić information content (AvgIpc) is 2.66. The normalized spacial score (nSPS) is 13.6. The predicted molar refractivity (Wildman–Crippen MR) is 67.7 cm³/mol. The molecular weight excluding hydrogens is 222 g/mol. The molecule has 2 rings (SSSR count). The van der Waals surface area contributed by atoms with Gasteiger partial charge in [0.15, 0.2) is 0 Å². The second-order valence-electron chi connectivity index (χ2n) is 4.42. The van der Waals surface area contributed by atoms with E-state index < -0.39 is 0 Å². The third kappa shape index (κ3) is 1.93. The van der Waals surface area contributed by atoms with E-state index in [1.54, 1.807) is 6.20 Å². The first-order chi connectivity index (χ1) is 7.63. The van der Waals surface area contributed by atoms with E-state index in [2.05, 4.69) is 30.1 Å². The van der Waals surface area contributed by atoms with Gasteiger partial charge in [-0.2, -0.15) is 5.10 Å². The molecule has 1 atom stereocenters. The lowest BCUT2D eigenvalue weighted by Gasteiger charge is -2.19.